The van der Waals surface area contributed by atoms with E-state index in [1.165, 1.54) is 6.42 Å². The second-order valence-electron chi connectivity index (χ2n) is 6.73. The number of hydrogen-bond acceptors (Lipinski definition) is 3. The van der Waals surface area contributed by atoms with E-state index in [1.54, 1.807) is 0 Å². The number of nitrogens with one attached hydrogen (secondary N) is 1. The van der Waals surface area contributed by atoms with Crippen molar-refractivity contribution in [3.63, 3.8) is 0 Å². The number of carbonyl (C=O) groups excluding carboxylic acids is 1. The van der Waals surface area contributed by atoms with Crippen molar-refractivity contribution in [2.45, 2.75) is 31.8 Å². The zero-order chi connectivity index (χ0) is 15.3. The summed E-state index contributed by atoms with van der Waals surface area (Å²) in [6.45, 7) is 0.463. The fourth-order valence-corrected chi connectivity index (χ4v) is 4.36. The molecule has 1 heterocycles. The van der Waals surface area contributed by atoms with E-state index in [0.717, 1.165) is 29.7 Å². The van der Waals surface area contributed by atoms with Crippen LogP contribution < -0.4 is 11.1 Å². The summed E-state index contributed by atoms with van der Waals surface area (Å²) in [5.74, 6) is 2.02. The number of nitrogens with zero attached hydrogens (tertiary/aromatic N) is 2. The summed E-state index contributed by atoms with van der Waals surface area (Å²) in [7, 11) is 1.99. The number of aryl methyl sites for hydroxylation is 1. The van der Waals surface area contributed by atoms with Crippen molar-refractivity contribution in [1.82, 2.24) is 14.9 Å². The number of hydrogen-bond donors (Lipinski definition) is 2. The maximum absolute atomic E-state index is 12.5. The summed E-state index contributed by atoms with van der Waals surface area (Å²) >= 11 is 0. The van der Waals surface area contributed by atoms with Crippen molar-refractivity contribution in [2.24, 2.45) is 30.5 Å². The highest BCUT2D eigenvalue weighted by Crippen LogP contribution is 2.47. The number of para-hydroxylation sites is 2. The van der Waals surface area contributed by atoms with E-state index >= 15 is 0 Å². The molecule has 1 amide bonds. The Bertz CT molecular complexity index is 721. The molecule has 5 nitrogen and oxygen atoms in total. The van der Waals surface area contributed by atoms with Gasteiger partial charge in [-0.3, -0.25) is 4.79 Å². The lowest BCUT2D eigenvalue weighted by Crippen LogP contribution is -2.45. The van der Waals surface area contributed by atoms with E-state index in [4.69, 9.17) is 5.73 Å². The van der Waals surface area contributed by atoms with E-state index in [9.17, 15) is 4.79 Å². The summed E-state index contributed by atoms with van der Waals surface area (Å²) in [5.41, 5.74) is 8.29. The number of aromatic nitrogens is 2. The largest absolute Gasteiger partial charge is 0.349 e. The van der Waals surface area contributed by atoms with Gasteiger partial charge in [0.05, 0.1) is 23.5 Å². The van der Waals surface area contributed by atoms with Crippen LogP contribution in [0.1, 0.15) is 25.1 Å². The number of rotatable bonds is 3. The average molecular weight is 298 g/mol. The standard InChI is InChI=1S/C17H22N4O/c1-21-13-5-3-2-4-12(13)20-14(21)9-19-17(22)15-10-6-7-11(8-10)16(15)18/h2-5,10-11,15-16H,6-9,18H2,1H3,(H,19,22). The van der Waals surface area contributed by atoms with Gasteiger partial charge in [-0.2, -0.15) is 0 Å². The smallest absolute Gasteiger partial charge is 0.225 e. The fourth-order valence-electron chi connectivity index (χ4n) is 4.36. The quantitative estimate of drug-likeness (QED) is 0.903. The Morgan fingerprint density at radius 1 is 1.36 bits per heavy atom. The molecule has 0 aliphatic heterocycles. The first-order chi connectivity index (χ1) is 10.6. The van der Waals surface area contributed by atoms with Gasteiger partial charge in [0.1, 0.15) is 5.82 Å². The summed E-state index contributed by atoms with van der Waals surface area (Å²) in [5, 5.41) is 3.06. The van der Waals surface area contributed by atoms with Crippen LogP contribution in [0.4, 0.5) is 0 Å². The number of nitrogens with two attached hydrogens (primary N) is 1. The van der Waals surface area contributed by atoms with Gasteiger partial charge in [-0.05, 0) is 43.2 Å². The Kier molecular flexibility index (Phi) is 3.18. The monoisotopic (exact) mass is 298 g/mol. The molecule has 4 atom stereocenters. The van der Waals surface area contributed by atoms with E-state index in [1.807, 2.05) is 35.9 Å². The van der Waals surface area contributed by atoms with Crippen LogP contribution >= 0.6 is 0 Å². The van der Waals surface area contributed by atoms with Gasteiger partial charge in [0, 0.05) is 13.1 Å². The second-order valence-corrected chi connectivity index (χ2v) is 6.73. The Hall–Kier alpha value is -1.88. The minimum absolute atomic E-state index is 0.00608. The predicted molar refractivity (Wildman–Crippen MR) is 84.9 cm³/mol. The van der Waals surface area contributed by atoms with Gasteiger partial charge in [-0.15, -0.1) is 0 Å². The van der Waals surface area contributed by atoms with E-state index in [0.29, 0.717) is 18.4 Å². The van der Waals surface area contributed by atoms with Crippen LogP contribution in [0, 0.1) is 17.8 Å². The van der Waals surface area contributed by atoms with Gasteiger partial charge in [0.25, 0.3) is 0 Å². The Balaban J connectivity index is 1.48. The van der Waals surface area contributed by atoms with Crippen molar-refractivity contribution >= 4 is 16.9 Å². The minimum atomic E-state index is -0.00608. The van der Waals surface area contributed by atoms with Crippen molar-refractivity contribution in [3.8, 4) is 0 Å². The van der Waals surface area contributed by atoms with Gasteiger partial charge in [-0.1, -0.05) is 12.1 Å². The lowest BCUT2D eigenvalue weighted by molar-refractivity contribution is -0.127. The number of benzene rings is 1. The maximum Gasteiger partial charge on any atom is 0.225 e. The molecule has 5 heteroatoms. The van der Waals surface area contributed by atoms with Gasteiger partial charge < -0.3 is 15.6 Å². The molecule has 2 aliphatic rings. The molecule has 4 rings (SSSR count). The third-order valence-corrected chi connectivity index (χ3v) is 5.58. The number of amides is 1. The maximum atomic E-state index is 12.5. The Morgan fingerprint density at radius 2 is 2.14 bits per heavy atom. The predicted octanol–water partition coefficient (Wildman–Crippen LogP) is 1.56. The first-order valence-electron chi connectivity index (χ1n) is 8.09. The van der Waals surface area contributed by atoms with Crippen molar-refractivity contribution in [1.29, 1.82) is 0 Å². The molecule has 116 valence electrons. The molecule has 0 radical (unpaired) electrons. The van der Waals surface area contributed by atoms with Crippen LogP contribution in [-0.2, 0) is 18.4 Å². The summed E-state index contributed by atoms with van der Waals surface area (Å²) in [6.07, 6.45) is 3.48. The lowest BCUT2D eigenvalue weighted by atomic mass is 9.84. The average Bonchev–Trinajstić information content (AvgIpc) is 3.19. The normalized spacial score (nSPS) is 30.1. The van der Waals surface area contributed by atoms with Crippen LogP contribution in [0.2, 0.25) is 0 Å². The van der Waals surface area contributed by atoms with E-state index in [2.05, 4.69) is 10.3 Å². The SMILES string of the molecule is Cn1c(CNC(=O)C2C3CCC(C3)C2N)nc2ccccc21. The number of carbonyl (C=O) groups is 1. The Labute approximate surface area is 129 Å². The molecule has 2 aromatic rings. The molecule has 22 heavy (non-hydrogen) atoms. The summed E-state index contributed by atoms with van der Waals surface area (Å²) in [6, 6.07) is 8.05. The molecular weight excluding hydrogens is 276 g/mol. The molecule has 2 bridgehead atoms. The first-order valence-corrected chi connectivity index (χ1v) is 8.09. The van der Waals surface area contributed by atoms with Gasteiger partial charge in [0.15, 0.2) is 0 Å². The molecule has 1 aromatic carbocycles. The van der Waals surface area contributed by atoms with Crippen LogP contribution in [0.5, 0.6) is 0 Å². The third kappa shape index (κ3) is 2.03. The Morgan fingerprint density at radius 3 is 2.86 bits per heavy atom. The van der Waals surface area contributed by atoms with Crippen molar-refractivity contribution in [3.05, 3.63) is 30.1 Å². The fraction of sp³-hybridized carbons (Fsp3) is 0.529. The highest BCUT2D eigenvalue weighted by atomic mass is 16.2. The van der Waals surface area contributed by atoms with Crippen LogP contribution in [0.15, 0.2) is 24.3 Å². The number of fused-ring (bicyclic) bond motifs is 3. The van der Waals surface area contributed by atoms with Crippen molar-refractivity contribution in [2.75, 3.05) is 0 Å². The van der Waals surface area contributed by atoms with Crippen LogP contribution in [0.3, 0.4) is 0 Å². The van der Waals surface area contributed by atoms with Gasteiger partial charge >= 0.3 is 0 Å². The van der Waals surface area contributed by atoms with E-state index in [-0.39, 0.29) is 17.9 Å². The molecule has 4 unspecified atom stereocenters. The molecule has 0 spiro atoms. The molecule has 3 N–H and O–H groups in total. The zero-order valence-electron chi connectivity index (χ0n) is 12.8. The van der Waals surface area contributed by atoms with Crippen LogP contribution in [-0.4, -0.2) is 21.5 Å². The minimum Gasteiger partial charge on any atom is -0.349 e. The van der Waals surface area contributed by atoms with Crippen molar-refractivity contribution < 1.29 is 4.79 Å². The highest BCUT2D eigenvalue weighted by Gasteiger charge is 2.48. The molecule has 1 aromatic heterocycles. The number of imidazole rings is 1. The van der Waals surface area contributed by atoms with Crippen LogP contribution in [0.25, 0.3) is 11.0 Å². The second kappa shape index (κ2) is 5.09. The molecule has 2 saturated carbocycles. The molecular formula is C17H22N4O. The topological polar surface area (TPSA) is 72.9 Å². The lowest BCUT2D eigenvalue weighted by Gasteiger charge is -2.26. The first kappa shape index (κ1) is 13.8. The summed E-state index contributed by atoms with van der Waals surface area (Å²) in [4.78, 5) is 17.1. The highest BCUT2D eigenvalue weighted by molar-refractivity contribution is 5.80. The molecule has 2 fully saturated rings. The zero-order valence-corrected chi connectivity index (χ0v) is 12.8. The third-order valence-electron chi connectivity index (χ3n) is 5.58. The van der Waals surface area contributed by atoms with Gasteiger partial charge in [0.2, 0.25) is 5.91 Å². The van der Waals surface area contributed by atoms with E-state index < -0.39 is 0 Å². The van der Waals surface area contributed by atoms with Gasteiger partial charge in [-0.25, -0.2) is 4.98 Å². The molecule has 2 aliphatic carbocycles. The molecule has 0 saturated heterocycles. The summed E-state index contributed by atoms with van der Waals surface area (Å²) < 4.78 is 2.04.